The number of carbonyl (C=O) groups is 1. The molecule has 0 aliphatic carbocycles. The molecule has 0 bridgehead atoms. The summed E-state index contributed by atoms with van der Waals surface area (Å²) in [7, 11) is 1.66. The van der Waals surface area contributed by atoms with Gasteiger partial charge in [0.2, 0.25) is 0 Å². The van der Waals surface area contributed by atoms with E-state index in [0.29, 0.717) is 33.7 Å². The summed E-state index contributed by atoms with van der Waals surface area (Å²) >= 11 is 2.89. The third kappa shape index (κ3) is 2.92. The normalized spacial score (nSPS) is 10.9. The average molecular weight is 359 g/mol. The summed E-state index contributed by atoms with van der Waals surface area (Å²) in [5.41, 5.74) is 0.579. The molecular weight excluding hydrogens is 342 g/mol. The van der Waals surface area contributed by atoms with Crippen molar-refractivity contribution in [3.05, 3.63) is 62.2 Å². The van der Waals surface area contributed by atoms with Gasteiger partial charge < -0.3 is 9.47 Å². The molecule has 0 spiro atoms. The van der Waals surface area contributed by atoms with E-state index in [1.807, 2.05) is 24.4 Å². The van der Waals surface area contributed by atoms with Gasteiger partial charge in [0.25, 0.3) is 11.5 Å². The van der Waals surface area contributed by atoms with Crippen molar-refractivity contribution in [3.63, 3.8) is 0 Å². The Kier molecular flexibility index (Phi) is 4.64. The third-order valence-electron chi connectivity index (χ3n) is 3.77. The third-order valence-corrected chi connectivity index (χ3v) is 5.82. The fraction of sp³-hybridized carbons (Fsp3) is 0.235. The summed E-state index contributed by atoms with van der Waals surface area (Å²) in [5, 5.41) is 2.52. The summed E-state index contributed by atoms with van der Waals surface area (Å²) in [4.78, 5) is 33.6. The van der Waals surface area contributed by atoms with E-state index in [9.17, 15) is 9.59 Å². The lowest BCUT2D eigenvalue weighted by Crippen LogP contribution is -2.30. The number of fused-ring (bicyclic) bond motifs is 1. The van der Waals surface area contributed by atoms with Crippen LogP contribution in [0.15, 0.2) is 41.3 Å². The standard InChI is InChI=1S/C17H17N3O2S2/c1-4-7-20(9-12-6-5-8-23-12)17(22)14-11(2)13-15(24-14)18-10-19(3)16(13)21/h4-6,8,10H,1,7,9H2,2-3H3. The Morgan fingerprint density at radius 3 is 2.96 bits per heavy atom. The molecule has 3 aromatic rings. The van der Waals surface area contributed by atoms with Crippen molar-refractivity contribution in [2.75, 3.05) is 6.54 Å². The van der Waals surface area contributed by atoms with E-state index in [1.54, 1.807) is 29.4 Å². The van der Waals surface area contributed by atoms with Gasteiger partial charge >= 0.3 is 0 Å². The van der Waals surface area contributed by atoms with Crippen LogP contribution in [0, 0.1) is 6.92 Å². The molecule has 0 N–H and O–H groups in total. The summed E-state index contributed by atoms with van der Waals surface area (Å²) in [6, 6.07) is 3.97. The maximum Gasteiger partial charge on any atom is 0.264 e. The lowest BCUT2D eigenvalue weighted by Gasteiger charge is -2.20. The largest absolute Gasteiger partial charge is 0.329 e. The van der Waals surface area contributed by atoms with E-state index in [2.05, 4.69) is 11.6 Å². The molecule has 5 nitrogen and oxygen atoms in total. The lowest BCUT2D eigenvalue weighted by molar-refractivity contribution is 0.0768. The van der Waals surface area contributed by atoms with Gasteiger partial charge in [-0.05, 0) is 23.9 Å². The molecule has 0 saturated heterocycles. The van der Waals surface area contributed by atoms with Gasteiger partial charge in [-0.25, -0.2) is 4.98 Å². The minimum atomic E-state index is -0.124. The first-order chi connectivity index (χ1) is 11.5. The summed E-state index contributed by atoms with van der Waals surface area (Å²) in [6.07, 6.45) is 3.20. The molecule has 1 amide bonds. The van der Waals surface area contributed by atoms with Crippen molar-refractivity contribution in [1.82, 2.24) is 14.5 Å². The molecule has 0 aromatic carbocycles. The highest BCUT2D eigenvalue weighted by Gasteiger charge is 2.23. The zero-order valence-corrected chi connectivity index (χ0v) is 15.1. The predicted octanol–water partition coefficient (Wildman–Crippen LogP) is 3.19. The second kappa shape index (κ2) is 6.70. The van der Waals surface area contributed by atoms with Crippen molar-refractivity contribution in [2.45, 2.75) is 13.5 Å². The first-order valence-electron chi connectivity index (χ1n) is 7.40. The molecule has 0 fully saturated rings. The van der Waals surface area contributed by atoms with E-state index in [4.69, 9.17) is 0 Å². The molecule has 0 atom stereocenters. The molecule has 3 rings (SSSR count). The number of aryl methyl sites for hydroxylation is 2. The molecule has 0 saturated carbocycles. The Bertz CT molecular complexity index is 954. The van der Waals surface area contributed by atoms with E-state index < -0.39 is 0 Å². The van der Waals surface area contributed by atoms with E-state index in [-0.39, 0.29) is 11.5 Å². The second-order valence-corrected chi connectivity index (χ2v) is 7.48. The van der Waals surface area contributed by atoms with Crippen LogP contribution in [0.25, 0.3) is 10.2 Å². The van der Waals surface area contributed by atoms with E-state index in [1.165, 1.54) is 22.2 Å². The highest BCUT2D eigenvalue weighted by molar-refractivity contribution is 7.20. The number of carbonyl (C=O) groups excluding carboxylic acids is 1. The maximum atomic E-state index is 13.0. The summed E-state index contributed by atoms with van der Waals surface area (Å²) in [5.74, 6) is -0.0918. The molecule has 0 aliphatic rings. The smallest absolute Gasteiger partial charge is 0.264 e. The van der Waals surface area contributed by atoms with Crippen LogP contribution in [-0.2, 0) is 13.6 Å². The summed E-state index contributed by atoms with van der Waals surface area (Å²) < 4.78 is 1.43. The van der Waals surface area contributed by atoms with Crippen molar-refractivity contribution >= 4 is 38.8 Å². The Morgan fingerprint density at radius 2 is 2.29 bits per heavy atom. The van der Waals surface area contributed by atoms with Gasteiger partial charge in [-0.3, -0.25) is 9.59 Å². The van der Waals surface area contributed by atoms with Crippen LogP contribution in [0.3, 0.4) is 0 Å². The molecule has 7 heteroatoms. The average Bonchev–Trinajstić information content (AvgIpc) is 3.18. The zero-order chi connectivity index (χ0) is 17.3. The maximum absolute atomic E-state index is 13.0. The van der Waals surface area contributed by atoms with Crippen LogP contribution in [-0.4, -0.2) is 26.9 Å². The van der Waals surface area contributed by atoms with Gasteiger partial charge in [-0.15, -0.1) is 29.3 Å². The molecular formula is C17H17N3O2S2. The predicted molar refractivity (Wildman–Crippen MR) is 98.9 cm³/mol. The van der Waals surface area contributed by atoms with Gasteiger partial charge in [-0.1, -0.05) is 12.1 Å². The number of amides is 1. The van der Waals surface area contributed by atoms with Crippen LogP contribution < -0.4 is 5.56 Å². The molecule has 3 heterocycles. The molecule has 0 aliphatic heterocycles. The number of rotatable bonds is 5. The number of nitrogens with zero attached hydrogens (tertiary/aromatic N) is 3. The first kappa shape index (κ1) is 16.6. The van der Waals surface area contributed by atoms with Crippen LogP contribution in [0.2, 0.25) is 0 Å². The van der Waals surface area contributed by atoms with Crippen molar-refractivity contribution < 1.29 is 4.79 Å². The van der Waals surface area contributed by atoms with Crippen LogP contribution >= 0.6 is 22.7 Å². The van der Waals surface area contributed by atoms with Gasteiger partial charge in [0.1, 0.15) is 4.83 Å². The number of hydrogen-bond acceptors (Lipinski definition) is 5. The molecule has 124 valence electrons. The van der Waals surface area contributed by atoms with Crippen LogP contribution in [0.4, 0.5) is 0 Å². The summed E-state index contributed by atoms with van der Waals surface area (Å²) in [6.45, 7) is 6.54. The first-order valence-corrected chi connectivity index (χ1v) is 9.09. The van der Waals surface area contributed by atoms with Crippen molar-refractivity contribution in [3.8, 4) is 0 Å². The number of hydrogen-bond donors (Lipinski definition) is 0. The molecule has 0 radical (unpaired) electrons. The van der Waals surface area contributed by atoms with Crippen molar-refractivity contribution in [2.24, 2.45) is 7.05 Å². The monoisotopic (exact) mass is 359 g/mol. The molecule has 24 heavy (non-hydrogen) atoms. The zero-order valence-electron chi connectivity index (χ0n) is 13.5. The Hall–Kier alpha value is -2.25. The Balaban J connectivity index is 2.02. The quantitative estimate of drug-likeness (QED) is 0.658. The van der Waals surface area contributed by atoms with Crippen molar-refractivity contribution in [1.29, 1.82) is 0 Å². The Labute approximate surface area is 147 Å². The SMILES string of the molecule is C=CCN(Cc1cccs1)C(=O)c1sc2ncn(C)c(=O)c2c1C. The number of thiophene rings is 2. The van der Waals surface area contributed by atoms with Gasteiger partial charge in [0, 0.05) is 18.5 Å². The van der Waals surface area contributed by atoms with Crippen LogP contribution in [0.1, 0.15) is 20.1 Å². The fourth-order valence-corrected chi connectivity index (χ4v) is 4.35. The van der Waals surface area contributed by atoms with Gasteiger partial charge in [0.15, 0.2) is 0 Å². The number of aromatic nitrogens is 2. The lowest BCUT2D eigenvalue weighted by atomic mass is 10.2. The highest BCUT2D eigenvalue weighted by atomic mass is 32.1. The minimum Gasteiger partial charge on any atom is -0.329 e. The minimum absolute atomic E-state index is 0.0918. The molecule has 0 unspecified atom stereocenters. The van der Waals surface area contributed by atoms with E-state index >= 15 is 0 Å². The van der Waals surface area contributed by atoms with Gasteiger partial charge in [0.05, 0.1) is 23.1 Å². The molecule has 3 aromatic heterocycles. The fourth-order valence-electron chi connectivity index (χ4n) is 2.52. The topological polar surface area (TPSA) is 55.2 Å². The second-order valence-electron chi connectivity index (χ2n) is 5.45. The highest BCUT2D eigenvalue weighted by Crippen LogP contribution is 2.28. The van der Waals surface area contributed by atoms with Crippen LogP contribution in [0.5, 0.6) is 0 Å². The van der Waals surface area contributed by atoms with E-state index in [0.717, 1.165) is 4.88 Å². The van der Waals surface area contributed by atoms with Gasteiger partial charge in [-0.2, -0.15) is 0 Å². The Morgan fingerprint density at radius 1 is 1.50 bits per heavy atom.